The first-order valence-electron chi connectivity index (χ1n) is 11.5. The van der Waals surface area contributed by atoms with Crippen molar-refractivity contribution in [1.82, 2.24) is 9.88 Å². The number of halogens is 1. The molecule has 0 bridgehead atoms. The van der Waals surface area contributed by atoms with Crippen molar-refractivity contribution in [3.8, 4) is 0 Å². The lowest BCUT2D eigenvalue weighted by atomic mass is 9.80. The van der Waals surface area contributed by atoms with Gasteiger partial charge in [-0.1, -0.05) is 36.7 Å². The normalized spacial score (nSPS) is 22.2. The highest BCUT2D eigenvalue weighted by Gasteiger charge is 2.41. The molecular formula is C25H28ClN3O3S. The Hall–Kier alpha value is -2.35. The van der Waals surface area contributed by atoms with Gasteiger partial charge in [-0.3, -0.25) is 4.90 Å². The molecule has 6 nitrogen and oxygen atoms in total. The van der Waals surface area contributed by atoms with Gasteiger partial charge < -0.3 is 10.1 Å². The molecule has 3 heterocycles. The number of sulfone groups is 1. The number of nitrogens with zero attached hydrogens (tertiary/aromatic N) is 2. The van der Waals surface area contributed by atoms with Crippen LogP contribution >= 0.6 is 11.6 Å². The summed E-state index contributed by atoms with van der Waals surface area (Å²) in [5.41, 5.74) is 2.90. The van der Waals surface area contributed by atoms with Gasteiger partial charge in [-0.05, 0) is 61.3 Å². The average Bonchev–Trinajstić information content (AvgIpc) is 3.47. The van der Waals surface area contributed by atoms with Crippen LogP contribution in [0.4, 0.5) is 5.82 Å². The third-order valence-electron chi connectivity index (χ3n) is 6.69. The molecule has 3 aliphatic rings. The van der Waals surface area contributed by atoms with Crippen molar-refractivity contribution in [3.63, 3.8) is 0 Å². The number of hydrogen-bond donors (Lipinski definition) is 1. The van der Waals surface area contributed by atoms with Crippen LogP contribution in [0.3, 0.4) is 0 Å². The lowest BCUT2D eigenvalue weighted by Gasteiger charge is -2.29. The van der Waals surface area contributed by atoms with E-state index in [4.69, 9.17) is 16.3 Å². The van der Waals surface area contributed by atoms with Crippen molar-refractivity contribution in [3.05, 3.63) is 70.6 Å². The molecule has 2 atom stereocenters. The number of aromatic nitrogens is 1. The summed E-state index contributed by atoms with van der Waals surface area (Å²) in [4.78, 5) is 7.27. The van der Waals surface area contributed by atoms with Crippen LogP contribution in [0.2, 0.25) is 5.02 Å². The van der Waals surface area contributed by atoms with Gasteiger partial charge in [-0.15, -0.1) is 0 Å². The molecule has 1 aromatic carbocycles. The zero-order chi connectivity index (χ0) is 23.0. The quantitative estimate of drug-likeness (QED) is 0.622. The second-order valence-electron chi connectivity index (χ2n) is 8.71. The van der Waals surface area contributed by atoms with E-state index >= 15 is 0 Å². The number of nitrogens with one attached hydrogen (secondary N) is 1. The van der Waals surface area contributed by atoms with E-state index in [1.165, 1.54) is 12.8 Å². The summed E-state index contributed by atoms with van der Waals surface area (Å²) in [5, 5.41) is 4.09. The summed E-state index contributed by atoms with van der Waals surface area (Å²) < 4.78 is 31.2. The Balaban J connectivity index is 1.49. The average molecular weight is 486 g/mol. The molecule has 5 rings (SSSR count). The first kappa shape index (κ1) is 22.4. The van der Waals surface area contributed by atoms with E-state index in [-0.39, 0.29) is 17.7 Å². The Morgan fingerprint density at radius 3 is 2.82 bits per heavy atom. The molecule has 8 heteroatoms. The Morgan fingerprint density at radius 1 is 1.21 bits per heavy atom. The van der Waals surface area contributed by atoms with Crippen LogP contribution in [0.5, 0.6) is 0 Å². The van der Waals surface area contributed by atoms with E-state index in [0.29, 0.717) is 16.5 Å². The van der Waals surface area contributed by atoms with E-state index in [1.807, 2.05) is 24.3 Å². The third kappa shape index (κ3) is 4.42. The molecule has 0 saturated carbocycles. The van der Waals surface area contributed by atoms with Gasteiger partial charge in [0.25, 0.3) is 0 Å². The molecule has 1 N–H and O–H groups in total. The second kappa shape index (κ2) is 9.12. The van der Waals surface area contributed by atoms with Crippen LogP contribution in [-0.4, -0.2) is 56.3 Å². The summed E-state index contributed by atoms with van der Waals surface area (Å²) in [6, 6.07) is 9.01. The van der Waals surface area contributed by atoms with Gasteiger partial charge in [0, 0.05) is 24.2 Å². The lowest BCUT2D eigenvalue weighted by Crippen LogP contribution is -2.30. The first-order valence-corrected chi connectivity index (χ1v) is 13.5. The van der Waals surface area contributed by atoms with E-state index in [1.54, 1.807) is 31.3 Å². The molecule has 0 amide bonds. The monoisotopic (exact) mass is 485 g/mol. The van der Waals surface area contributed by atoms with Crippen LogP contribution < -0.4 is 5.32 Å². The van der Waals surface area contributed by atoms with Crippen molar-refractivity contribution in [2.45, 2.75) is 36.6 Å². The SMILES string of the molecule is CCS(=O)(=O)c1cccc(C2=CC=C(OCCN3CCCC3)C3Nc4ncc(Cl)cc4C23)c1. The molecule has 2 aliphatic heterocycles. The van der Waals surface area contributed by atoms with Gasteiger partial charge in [0.2, 0.25) is 0 Å². The van der Waals surface area contributed by atoms with Crippen LogP contribution in [-0.2, 0) is 14.6 Å². The topological polar surface area (TPSA) is 71.5 Å². The van der Waals surface area contributed by atoms with E-state index in [0.717, 1.165) is 47.9 Å². The number of fused-ring (bicyclic) bond motifs is 3. The minimum atomic E-state index is -3.30. The zero-order valence-electron chi connectivity index (χ0n) is 18.6. The smallest absolute Gasteiger partial charge is 0.178 e. The maximum absolute atomic E-state index is 12.5. The largest absolute Gasteiger partial charge is 0.494 e. The fourth-order valence-electron chi connectivity index (χ4n) is 4.93. The number of allylic oxidation sites excluding steroid dienone is 2. The van der Waals surface area contributed by atoms with E-state index < -0.39 is 9.84 Å². The molecule has 0 spiro atoms. The van der Waals surface area contributed by atoms with Gasteiger partial charge in [0.05, 0.1) is 21.7 Å². The predicted molar refractivity (Wildman–Crippen MR) is 131 cm³/mol. The molecule has 1 saturated heterocycles. The van der Waals surface area contributed by atoms with Crippen LogP contribution in [0, 0.1) is 0 Å². The maximum atomic E-state index is 12.5. The molecule has 1 aromatic heterocycles. The van der Waals surface area contributed by atoms with Crippen LogP contribution in [0.25, 0.3) is 5.57 Å². The summed E-state index contributed by atoms with van der Waals surface area (Å²) >= 11 is 6.30. The number of anilines is 1. The van der Waals surface area contributed by atoms with Crippen molar-refractivity contribution < 1.29 is 13.2 Å². The van der Waals surface area contributed by atoms with Crippen LogP contribution in [0.1, 0.15) is 36.8 Å². The van der Waals surface area contributed by atoms with Crippen molar-refractivity contribution >= 4 is 32.8 Å². The second-order valence-corrected chi connectivity index (χ2v) is 11.4. The first-order chi connectivity index (χ1) is 16.0. The Morgan fingerprint density at radius 2 is 2.03 bits per heavy atom. The summed E-state index contributed by atoms with van der Waals surface area (Å²) in [5.74, 6) is 1.65. The highest BCUT2D eigenvalue weighted by atomic mass is 35.5. The Kier molecular flexibility index (Phi) is 6.20. The van der Waals surface area contributed by atoms with Gasteiger partial charge in [-0.2, -0.15) is 0 Å². The van der Waals surface area contributed by atoms with Gasteiger partial charge in [0.1, 0.15) is 18.2 Å². The Labute approximate surface area is 200 Å². The lowest BCUT2D eigenvalue weighted by molar-refractivity contribution is 0.160. The number of pyridine rings is 1. The van der Waals surface area contributed by atoms with Gasteiger partial charge in [-0.25, -0.2) is 13.4 Å². The molecule has 1 fully saturated rings. The highest BCUT2D eigenvalue weighted by Crippen LogP contribution is 2.48. The summed E-state index contributed by atoms with van der Waals surface area (Å²) in [6.45, 7) is 5.49. The molecular weight excluding hydrogens is 458 g/mol. The van der Waals surface area contributed by atoms with Gasteiger partial charge in [0.15, 0.2) is 9.84 Å². The van der Waals surface area contributed by atoms with Crippen molar-refractivity contribution in [2.75, 3.05) is 37.3 Å². The van der Waals surface area contributed by atoms with Gasteiger partial charge >= 0.3 is 0 Å². The molecule has 2 aromatic rings. The number of benzene rings is 1. The number of ether oxygens (including phenoxy) is 1. The summed E-state index contributed by atoms with van der Waals surface area (Å²) in [7, 11) is -3.30. The van der Waals surface area contributed by atoms with Crippen LogP contribution in [0.15, 0.2) is 59.3 Å². The molecule has 33 heavy (non-hydrogen) atoms. The fraction of sp³-hybridized carbons (Fsp3) is 0.400. The molecule has 2 unspecified atom stereocenters. The summed E-state index contributed by atoms with van der Waals surface area (Å²) in [6.07, 6.45) is 8.20. The minimum Gasteiger partial charge on any atom is -0.494 e. The highest BCUT2D eigenvalue weighted by molar-refractivity contribution is 7.91. The maximum Gasteiger partial charge on any atom is 0.178 e. The number of likely N-dealkylation sites (tertiary alicyclic amines) is 1. The number of hydrogen-bond acceptors (Lipinski definition) is 6. The van der Waals surface area contributed by atoms with Crippen molar-refractivity contribution in [2.24, 2.45) is 0 Å². The van der Waals surface area contributed by atoms with Crippen molar-refractivity contribution in [1.29, 1.82) is 0 Å². The standard InChI is InChI=1S/C25H28ClN3O3S/c1-2-33(30,31)19-7-5-6-17(14-19)20-8-9-22(32-13-12-29-10-3-4-11-29)24-23(20)21-15-18(26)16-27-25(21)28-24/h5-9,14-16,23-24H,2-4,10-13H2,1H3,(H,27,28). The number of rotatable bonds is 7. The Bertz CT molecular complexity index is 1220. The fourth-order valence-corrected chi connectivity index (χ4v) is 6.02. The zero-order valence-corrected chi connectivity index (χ0v) is 20.2. The third-order valence-corrected chi connectivity index (χ3v) is 8.63. The molecule has 1 aliphatic carbocycles. The van der Waals surface area contributed by atoms with E-state index in [2.05, 4.69) is 15.2 Å². The minimum absolute atomic E-state index is 0.0698. The van der Waals surface area contributed by atoms with E-state index in [9.17, 15) is 8.42 Å². The molecule has 174 valence electrons. The molecule has 0 radical (unpaired) electrons. The predicted octanol–water partition coefficient (Wildman–Crippen LogP) is 4.50.